The molecule has 118 valence electrons. The molecule has 1 aliphatic rings. The molecule has 1 fully saturated rings. The van der Waals surface area contributed by atoms with Gasteiger partial charge in [-0.25, -0.2) is 8.42 Å². The molecule has 0 unspecified atom stereocenters. The van der Waals surface area contributed by atoms with Crippen LogP contribution in [0.3, 0.4) is 0 Å². The minimum atomic E-state index is -3.30. The highest BCUT2D eigenvalue weighted by molar-refractivity contribution is 7.88. The third kappa shape index (κ3) is 5.05. The Morgan fingerprint density at radius 3 is 2.15 bits per heavy atom. The number of likely N-dealkylation sites (tertiary alicyclic amines) is 1. The van der Waals surface area contributed by atoms with Crippen molar-refractivity contribution in [2.24, 2.45) is 5.92 Å². The van der Waals surface area contributed by atoms with E-state index in [0.717, 1.165) is 25.9 Å². The summed E-state index contributed by atoms with van der Waals surface area (Å²) >= 11 is 0. The summed E-state index contributed by atoms with van der Waals surface area (Å²) in [4.78, 5) is 14.0. The lowest BCUT2D eigenvalue weighted by Gasteiger charge is -2.35. The van der Waals surface area contributed by atoms with Crippen LogP contribution in [0.25, 0.3) is 0 Å². The highest BCUT2D eigenvalue weighted by Crippen LogP contribution is 2.20. The SMILES string of the molecule is CC1CCN(C(=O)CCN(C(C)(C)C)S(C)(=O)=O)CC1. The molecule has 1 amide bonds. The van der Waals surface area contributed by atoms with Crippen LogP contribution in [0.1, 0.15) is 47.0 Å². The molecule has 0 aromatic heterocycles. The summed E-state index contributed by atoms with van der Waals surface area (Å²) in [5.74, 6) is 0.746. The van der Waals surface area contributed by atoms with E-state index >= 15 is 0 Å². The van der Waals surface area contributed by atoms with Crippen LogP contribution in [0.2, 0.25) is 0 Å². The molecule has 6 heteroatoms. The highest BCUT2D eigenvalue weighted by atomic mass is 32.2. The van der Waals surface area contributed by atoms with Crippen molar-refractivity contribution in [3.8, 4) is 0 Å². The molecule has 0 saturated carbocycles. The van der Waals surface area contributed by atoms with Crippen LogP contribution in [0.15, 0.2) is 0 Å². The monoisotopic (exact) mass is 304 g/mol. The highest BCUT2D eigenvalue weighted by Gasteiger charge is 2.30. The van der Waals surface area contributed by atoms with Crippen molar-refractivity contribution in [3.63, 3.8) is 0 Å². The van der Waals surface area contributed by atoms with Gasteiger partial charge in [0, 0.05) is 31.6 Å². The largest absolute Gasteiger partial charge is 0.343 e. The van der Waals surface area contributed by atoms with Gasteiger partial charge in [0.15, 0.2) is 0 Å². The second-order valence-electron chi connectivity index (χ2n) is 6.82. The predicted octanol–water partition coefficient (Wildman–Crippen LogP) is 1.70. The van der Waals surface area contributed by atoms with Crippen LogP contribution in [0, 0.1) is 5.92 Å². The molecular formula is C14H28N2O3S. The number of piperidine rings is 1. The standard InChI is InChI=1S/C14H28N2O3S/c1-12-6-9-15(10-7-12)13(17)8-11-16(14(2,3)4)20(5,18)19/h12H,6-11H2,1-5H3. The minimum Gasteiger partial charge on any atom is -0.343 e. The van der Waals surface area contributed by atoms with Gasteiger partial charge in [0.25, 0.3) is 0 Å². The summed E-state index contributed by atoms with van der Waals surface area (Å²) < 4.78 is 25.0. The number of hydrogen-bond donors (Lipinski definition) is 0. The molecule has 0 spiro atoms. The van der Waals surface area contributed by atoms with E-state index in [4.69, 9.17) is 0 Å². The molecule has 0 aliphatic carbocycles. The van der Waals surface area contributed by atoms with E-state index in [0.29, 0.717) is 5.92 Å². The van der Waals surface area contributed by atoms with Crippen molar-refractivity contribution in [1.82, 2.24) is 9.21 Å². The Morgan fingerprint density at radius 2 is 1.75 bits per heavy atom. The molecule has 0 aromatic rings. The topological polar surface area (TPSA) is 57.7 Å². The Morgan fingerprint density at radius 1 is 1.25 bits per heavy atom. The lowest BCUT2D eigenvalue weighted by Crippen LogP contribution is -2.47. The molecule has 0 aromatic carbocycles. The number of amides is 1. The van der Waals surface area contributed by atoms with E-state index in [1.807, 2.05) is 25.7 Å². The van der Waals surface area contributed by atoms with Gasteiger partial charge in [0.1, 0.15) is 0 Å². The molecule has 1 rings (SSSR count). The van der Waals surface area contributed by atoms with Gasteiger partial charge in [0.05, 0.1) is 6.26 Å². The molecule has 0 N–H and O–H groups in total. The van der Waals surface area contributed by atoms with Crippen LogP contribution >= 0.6 is 0 Å². The lowest BCUT2D eigenvalue weighted by atomic mass is 9.99. The molecule has 1 heterocycles. The van der Waals surface area contributed by atoms with Crippen LogP contribution in [0.4, 0.5) is 0 Å². The predicted molar refractivity (Wildman–Crippen MR) is 80.9 cm³/mol. The molecule has 0 bridgehead atoms. The average Bonchev–Trinajstić information content (AvgIpc) is 2.26. The molecule has 0 radical (unpaired) electrons. The fourth-order valence-corrected chi connectivity index (χ4v) is 4.03. The summed E-state index contributed by atoms with van der Waals surface area (Å²) in [6, 6.07) is 0. The Labute approximate surface area is 123 Å². The van der Waals surface area contributed by atoms with Crippen molar-refractivity contribution in [1.29, 1.82) is 0 Å². The van der Waals surface area contributed by atoms with Gasteiger partial charge >= 0.3 is 0 Å². The van der Waals surface area contributed by atoms with Crippen LogP contribution in [-0.2, 0) is 14.8 Å². The fourth-order valence-electron chi connectivity index (χ4n) is 2.61. The quantitative estimate of drug-likeness (QED) is 0.794. The third-order valence-electron chi connectivity index (χ3n) is 3.81. The Kier molecular flexibility index (Phi) is 5.61. The second kappa shape index (κ2) is 6.43. The smallest absolute Gasteiger partial charge is 0.223 e. The van der Waals surface area contributed by atoms with E-state index < -0.39 is 15.6 Å². The van der Waals surface area contributed by atoms with E-state index in [9.17, 15) is 13.2 Å². The summed E-state index contributed by atoms with van der Waals surface area (Å²) in [5.41, 5.74) is -0.496. The lowest BCUT2D eigenvalue weighted by molar-refractivity contribution is -0.132. The average molecular weight is 304 g/mol. The summed E-state index contributed by atoms with van der Waals surface area (Å²) in [7, 11) is -3.30. The molecule has 1 aliphatic heterocycles. The summed E-state index contributed by atoms with van der Waals surface area (Å²) in [6.07, 6.45) is 3.55. The maximum atomic E-state index is 12.2. The molecule has 1 saturated heterocycles. The van der Waals surface area contributed by atoms with Crippen LogP contribution in [-0.4, -0.2) is 55.0 Å². The zero-order chi connectivity index (χ0) is 15.6. The van der Waals surface area contributed by atoms with Gasteiger partial charge in [-0.3, -0.25) is 4.79 Å². The van der Waals surface area contributed by atoms with Crippen molar-refractivity contribution in [3.05, 3.63) is 0 Å². The fraction of sp³-hybridized carbons (Fsp3) is 0.929. The van der Waals surface area contributed by atoms with E-state index in [1.165, 1.54) is 10.6 Å². The van der Waals surface area contributed by atoms with Crippen LogP contribution < -0.4 is 0 Å². The van der Waals surface area contributed by atoms with Crippen LogP contribution in [0.5, 0.6) is 0 Å². The van der Waals surface area contributed by atoms with Gasteiger partial charge in [-0.1, -0.05) is 6.92 Å². The number of nitrogens with zero attached hydrogens (tertiary/aromatic N) is 2. The molecule has 0 atom stereocenters. The first-order valence-corrected chi connectivity index (χ1v) is 9.12. The maximum absolute atomic E-state index is 12.2. The first-order valence-electron chi connectivity index (χ1n) is 7.27. The number of rotatable bonds is 4. The number of sulfonamides is 1. The Balaban J connectivity index is 2.58. The zero-order valence-electron chi connectivity index (χ0n) is 13.3. The van der Waals surface area contributed by atoms with Gasteiger partial charge in [0.2, 0.25) is 15.9 Å². The zero-order valence-corrected chi connectivity index (χ0v) is 14.2. The first kappa shape index (κ1) is 17.4. The first-order chi connectivity index (χ1) is 9.01. The number of carbonyl (C=O) groups is 1. The van der Waals surface area contributed by atoms with Crippen molar-refractivity contribution in [2.45, 2.75) is 52.5 Å². The molecule has 20 heavy (non-hydrogen) atoms. The Bertz CT molecular complexity index is 432. The molecule has 5 nitrogen and oxygen atoms in total. The second-order valence-corrected chi connectivity index (χ2v) is 8.73. The van der Waals surface area contributed by atoms with Crippen molar-refractivity contribution < 1.29 is 13.2 Å². The van der Waals surface area contributed by atoms with E-state index in [-0.39, 0.29) is 18.9 Å². The van der Waals surface area contributed by atoms with Gasteiger partial charge in [-0.15, -0.1) is 0 Å². The molecular weight excluding hydrogens is 276 g/mol. The van der Waals surface area contributed by atoms with Crippen molar-refractivity contribution >= 4 is 15.9 Å². The number of carbonyl (C=O) groups excluding carboxylic acids is 1. The van der Waals surface area contributed by atoms with Gasteiger partial charge < -0.3 is 4.90 Å². The van der Waals surface area contributed by atoms with E-state index in [2.05, 4.69) is 6.92 Å². The van der Waals surface area contributed by atoms with Gasteiger partial charge in [-0.2, -0.15) is 4.31 Å². The van der Waals surface area contributed by atoms with Gasteiger partial charge in [-0.05, 0) is 39.5 Å². The van der Waals surface area contributed by atoms with Crippen molar-refractivity contribution in [2.75, 3.05) is 25.9 Å². The summed E-state index contributed by atoms with van der Waals surface area (Å²) in [6.45, 7) is 9.60. The maximum Gasteiger partial charge on any atom is 0.223 e. The Hall–Kier alpha value is -0.620. The number of hydrogen-bond acceptors (Lipinski definition) is 3. The summed E-state index contributed by atoms with van der Waals surface area (Å²) in [5, 5.41) is 0. The van der Waals surface area contributed by atoms with E-state index in [1.54, 1.807) is 0 Å². The normalized spacial score (nSPS) is 18.6. The minimum absolute atomic E-state index is 0.0646. The third-order valence-corrected chi connectivity index (χ3v) is 5.34.